The first-order chi connectivity index (χ1) is 25.6. The summed E-state index contributed by atoms with van der Waals surface area (Å²) < 4.78 is 115. The molecule has 55 heavy (non-hydrogen) atoms. The highest BCUT2D eigenvalue weighted by molar-refractivity contribution is 5.68. The number of benzene rings is 1. The van der Waals surface area contributed by atoms with Crippen molar-refractivity contribution in [3.05, 3.63) is 120 Å². The van der Waals surface area contributed by atoms with Gasteiger partial charge in [-0.25, -0.2) is 14.0 Å². The van der Waals surface area contributed by atoms with Crippen molar-refractivity contribution in [3.63, 3.8) is 0 Å². The summed E-state index contributed by atoms with van der Waals surface area (Å²) in [5.74, 6) is -2.31. The van der Waals surface area contributed by atoms with Gasteiger partial charge in [-0.15, -0.1) is 0 Å². The Morgan fingerprint density at radius 3 is 2.25 bits per heavy atom. The van der Waals surface area contributed by atoms with Gasteiger partial charge in [0.1, 0.15) is 22.8 Å². The normalized spacial score (nSPS) is 16.6. The summed E-state index contributed by atoms with van der Waals surface area (Å²) in [7, 11) is 0. The molecular formula is C37H38F7N5O6. The lowest BCUT2D eigenvalue weighted by Crippen LogP contribution is -2.50. The van der Waals surface area contributed by atoms with E-state index in [4.69, 9.17) is 13.9 Å². The van der Waals surface area contributed by atoms with Crippen LogP contribution >= 0.6 is 0 Å². The number of nitrogens with one attached hydrogen (secondary N) is 1. The van der Waals surface area contributed by atoms with Crippen molar-refractivity contribution in [1.82, 2.24) is 24.3 Å². The van der Waals surface area contributed by atoms with E-state index in [2.05, 4.69) is 10.3 Å². The van der Waals surface area contributed by atoms with Crippen LogP contribution < -0.4 is 16.6 Å². The van der Waals surface area contributed by atoms with Gasteiger partial charge in [-0.05, 0) is 76.9 Å². The van der Waals surface area contributed by atoms with Gasteiger partial charge in [0, 0.05) is 24.3 Å². The van der Waals surface area contributed by atoms with E-state index < -0.39 is 82.7 Å². The number of carbonyl (C=O) groups is 1. The van der Waals surface area contributed by atoms with Crippen LogP contribution in [0.2, 0.25) is 0 Å². The van der Waals surface area contributed by atoms with Gasteiger partial charge in [0.05, 0.1) is 54.8 Å². The smallest absolute Gasteiger partial charge is 0.449 e. The highest BCUT2D eigenvalue weighted by Crippen LogP contribution is 2.43. The minimum Gasteiger partial charge on any atom is -0.455 e. The number of hydrogen-bond donors (Lipinski definition) is 1. The SMILES string of the molecule is Cc1cccc(C(Cn2c(=O)c3c(n(Cc4c(F)cccc4C(F)(F)F)c2=O)COC32CCN(Cc3ccc(C(F)(F)F)o3)CC2)NC(=O)OC(C)(C)C)n1. The van der Waals surface area contributed by atoms with Crippen LogP contribution in [0, 0.1) is 12.7 Å². The molecule has 296 valence electrons. The zero-order valence-electron chi connectivity index (χ0n) is 30.2. The molecule has 11 nitrogen and oxygen atoms in total. The van der Waals surface area contributed by atoms with Crippen molar-refractivity contribution >= 4 is 6.09 Å². The topological polar surface area (TPSA) is 121 Å². The standard InChI is InChI=1S/C37H38F7N5O6/c1-21-7-5-10-26(45-21)27(46-32(51)55-34(2,3)4)19-49-31(50)30-28(48(33(49)52)18-23-24(36(39,40)41)8-6-9-25(23)38)20-53-35(30)13-15-47(16-14-35)17-22-11-12-29(54-22)37(42,43)44/h5-12,27H,13-20H2,1-4H3,(H,46,51). The number of nitrogens with zero attached hydrogens (tertiary/aromatic N) is 4. The first-order valence-corrected chi connectivity index (χ1v) is 17.3. The van der Waals surface area contributed by atoms with Crippen molar-refractivity contribution < 1.29 is 49.4 Å². The van der Waals surface area contributed by atoms with Gasteiger partial charge >= 0.3 is 24.1 Å². The maximum absolute atomic E-state index is 15.3. The molecule has 18 heteroatoms. The molecule has 0 bridgehead atoms. The number of likely N-dealkylation sites (tertiary alicyclic amines) is 1. The average molecular weight is 782 g/mol. The van der Waals surface area contributed by atoms with Crippen LogP contribution in [0.3, 0.4) is 0 Å². The number of pyridine rings is 1. The molecule has 0 aliphatic carbocycles. The Hall–Kier alpha value is -4.97. The molecule has 1 N–H and O–H groups in total. The summed E-state index contributed by atoms with van der Waals surface area (Å²) in [6.07, 6.45) is -10.3. The molecule has 6 rings (SSSR count). The van der Waals surface area contributed by atoms with Gasteiger partial charge in [-0.2, -0.15) is 26.3 Å². The molecule has 1 spiro atoms. The highest BCUT2D eigenvalue weighted by atomic mass is 19.4. The number of carbonyl (C=O) groups excluding carboxylic acids is 1. The molecule has 5 heterocycles. The van der Waals surface area contributed by atoms with Crippen molar-refractivity contribution in [3.8, 4) is 0 Å². The third-order valence-electron chi connectivity index (χ3n) is 9.52. The number of alkyl halides is 6. The molecule has 2 aliphatic heterocycles. The van der Waals surface area contributed by atoms with E-state index in [0.29, 0.717) is 11.8 Å². The monoisotopic (exact) mass is 781 g/mol. The zero-order valence-corrected chi connectivity index (χ0v) is 30.2. The zero-order chi connectivity index (χ0) is 40.1. The minimum absolute atomic E-state index is 0.0117. The van der Waals surface area contributed by atoms with E-state index in [1.165, 1.54) is 6.07 Å². The predicted molar refractivity (Wildman–Crippen MR) is 181 cm³/mol. The van der Waals surface area contributed by atoms with Crippen LogP contribution in [0.25, 0.3) is 0 Å². The fourth-order valence-electron chi connectivity index (χ4n) is 7.00. The van der Waals surface area contributed by atoms with E-state index >= 15 is 4.39 Å². The number of alkyl carbamates (subject to hydrolysis) is 1. The lowest BCUT2D eigenvalue weighted by Gasteiger charge is -2.38. The second kappa shape index (κ2) is 14.6. The molecule has 2 aliphatic rings. The van der Waals surface area contributed by atoms with Crippen LogP contribution in [-0.2, 0) is 53.7 Å². The van der Waals surface area contributed by atoms with Crippen LogP contribution in [0.1, 0.15) is 84.9 Å². The first kappa shape index (κ1) is 39.7. The number of ether oxygens (including phenoxy) is 2. The molecule has 3 aromatic heterocycles. The lowest BCUT2D eigenvalue weighted by molar-refractivity contribution is -0.153. The maximum atomic E-state index is 15.3. The minimum atomic E-state index is -4.99. The Labute approximate surface area is 309 Å². The largest absolute Gasteiger partial charge is 0.455 e. The Kier molecular flexibility index (Phi) is 10.5. The van der Waals surface area contributed by atoms with Crippen LogP contribution in [-0.4, -0.2) is 43.8 Å². The Balaban J connectivity index is 1.43. The van der Waals surface area contributed by atoms with Gasteiger partial charge in [-0.1, -0.05) is 12.1 Å². The first-order valence-electron chi connectivity index (χ1n) is 17.3. The number of hydrogen-bond acceptors (Lipinski definition) is 8. The molecule has 1 aromatic carbocycles. The van der Waals surface area contributed by atoms with Crippen LogP contribution in [0.15, 0.2) is 62.5 Å². The average Bonchev–Trinajstić information content (AvgIpc) is 3.70. The lowest BCUT2D eigenvalue weighted by atomic mass is 9.85. The second-order valence-electron chi connectivity index (χ2n) is 14.6. The fourth-order valence-corrected chi connectivity index (χ4v) is 7.00. The third-order valence-corrected chi connectivity index (χ3v) is 9.52. The number of piperidine rings is 1. The molecular weight excluding hydrogens is 743 g/mol. The van der Waals surface area contributed by atoms with E-state index in [1.54, 1.807) is 50.8 Å². The summed E-state index contributed by atoms with van der Waals surface area (Å²) in [5, 5.41) is 2.65. The summed E-state index contributed by atoms with van der Waals surface area (Å²) in [4.78, 5) is 48.3. The molecule has 1 unspecified atom stereocenters. The number of furan rings is 1. The summed E-state index contributed by atoms with van der Waals surface area (Å²) in [6.45, 7) is 5.15. The van der Waals surface area contributed by atoms with Gasteiger partial charge in [-0.3, -0.25) is 23.8 Å². The van der Waals surface area contributed by atoms with Crippen molar-refractivity contribution in [2.45, 2.75) is 96.4 Å². The number of amides is 1. The van der Waals surface area contributed by atoms with E-state index in [9.17, 15) is 40.7 Å². The molecule has 0 saturated carbocycles. The molecule has 1 fully saturated rings. The van der Waals surface area contributed by atoms with E-state index in [1.807, 2.05) is 0 Å². The molecule has 1 amide bonds. The number of aromatic nitrogens is 3. The van der Waals surface area contributed by atoms with E-state index in [-0.39, 0.29) is 61.8 Å². The predicted octanol–water partition coefficient (Wildman–Crippen LogP) is 6.82. The maximum Gasteiger partial charge on any atom is 0.449 e. The van der Waals surface area contributed by atoms with Crippen molar-refractivity contribution in [1.29, 1.82) is 0 Å². The van der Waals surface area contributed by atoms with Gasteiger partial charge < -0.3 is 19.2 Å². The number of aryl methyl sites for hydroxylation is 1. The van der Waals surface area contributed by atoms with Gasteiger partial charge in [0.25, 0.3) is 5.56 Å². The molecule has 4 aromatic rings. The van der Waals surface area contributed by atoms with Crippen molar-refractivity contribution in [2.24, 2.45) is 0 Å². The summed E-state index contributed by atoms with van der Waals surface area (Å²) in [5.41, 5.74) is -5.65. The number of fused-ring (bicyclic) bond motifs is 2. The quantitative estimate of drug-likeness (QED) is 0.194. The Morgan fingerprint density at radius 2 is 1.64 bits per heavy atom. The van der Waals surface area contributed by atoms with E-state index in [0.717, 1.165) is 27.3 Å². The summed E-state index contributed by atoms with van der Waals surface area (Å²) in [6, 6.07) is 8.18. The molecule has 1 saturated heterocycles. The van der Waals surface area contributed by atoms with Crippen LogP contribution in [0.4, 0.5) is 35.5 Å². The fraction of sp³-hybridized carbons (Fsp3) is 0.459. The van der Waals surface area contributed by atoms with Gasteiger partial charge in [0.15, 0.2) is 0 Å². The van der Waals surface area contributed by atoms with Crippen molar-refractivity contribution in [2.75, 3.05) is 13.1 Å². The Bertz CT molecular complexity index is 2190. The molecule has 1 atom stereocenters. The third kappa shape index (κ3) is 8.49. The number of halogens is 7. The molecule has 0 radical (unpaired) electrons. The van der Waals surface area contributed by atoms with Gasteiger partial charge in [0.2, 0.25) is 5.76 Å². The number of rotatable bonds is 8. The second-order valence-corrected chi connectivity index (χ2v) is 14.6. The van der Waals surface area contributed by atoms with Crippen LogP contribution in [0.5, 0.6) is 0 Å². The Morgan fingerprint density at radius 1 is 0.945 bits per heavy atom. The summed E-state index contributed by atoms with van der Waals surface area (Å²) >= 11 is 0. The highest BCUT2D eigenvalue weighted by Gasteiger charge is 2.48.